The molecule has 1 aromatic heterocycles. The van der Waals surface area contributed by atoms with E-state index in [-0.39, 0.29) is 17.4 Å². The predicted molar refractivity (Wildman–Crippen MR) is 57.8 cm³/mol. The van der Waals surface area contributed by atoms with E-state index in [2.05, 4.69) is 20.0 Å². The van der Waals surface area contributed by atoms with Crippen LogP contribution in [0.5, 0.6) is 0 Å². The maximum absolute atomic E-state index is 13.3. The minimum Gasteiger partial charge on any atom is -0.399 e. The van der Waals surface area contributed by atoms with Crippen LogP contribution in [0.25, 0.3) is 0 Å². The minimum atomic E-state index is -0.661. The largest absolute Gasteiger partial charge is 0.399 e. The summed E-state index contributed by atoms with van der Waals surface area (Å²) >= 11 is 0. The van der Waals surface area contributed by atoms with Gasteiger partial charge in [0.25, 0.3) is 11.7 Å². The van der Waals surface area contributed by atoms with Crippen molar-refractivity contribution in [3.8, 4) is 0 Å². The fourth-order valence-corrected chi connectivity index (χ4v) is 1.21. The van der Waals surface area contributed by atoms with E-state index in [0.717, 1.165) is 6.07 Å². The third kappa shape index (κ3) is 2.39. The highest BCUT2D eigenvalue weighted by atomic mass is 19.1. The number of amides is 1. The molecule has 0 saturated heterocycles. The Kier molecular flexibility index (Phi) is 2.73. The number of halogens is 1. The fraction of sp³-hybridized carbons (Fsp3) is 0.100. The van der Waals surface area contributed by atoms with Gasteiger partial charge in [-0.15, -0.1) is 0 Å². The summed E-state index contributed by atoms with van der Waals surface area (Å²) in [5, 5.41) is 5.71. The topological polar surface area (TPSA) is 94.0 Å². The molecule has 2 aromatic rings. The summed E-state index contributed by atoms with van der Waals surface area (Å²) in [5.74, 6) is -1.16. The SMILES string of the molecule is Cc1nc(C(=O)Nc2cc(N)ccc2F)no1. The molecule has 0 radical (unpaired) electrons. The molecular weight excluding hydrogens is 227 g/mol. The number of nitrogens with two attached hydrogens (primary N) is 1. The highest BCUT2D eigenvalue weighted by Gasteiger charge is 2.14. The summed E-state index contributed by atoms with van der Waals surface area (Å²) in [7, 11) is 0. The van der Waals surface area contributed by atoms with Crippen LogP contribution in [0, 0.1) is 12.7 Å². The summed E-state index contributed by atoms with van der Waals surface area (Å²) in [5.41, 5.74) is 5.79. The van der Waals surface area contributed by atoms with E-state index in [4.69, 9.17) is 5.73 Å². The summed E-state index contributed by atoms with van der Waals surface area (Å²) in [6, 6.07) is 3.86. The van der Waals surface area contributed by atoms with Gasteiger partial charge in [-0.25, -0.2) is 4.39 Å². The van der Waals surface area contributed by atoms with Crippen molar-refractivity contribution in [1.82, 2.24) is 10.1 Å². The average molecular weight is 236 g/mol. The zero-order valence-corrected chi connectivity index (χ0v) is 8.90. The lowest BCUT2D eigenvalue weighted by molar-refractivity contribution is 0.101. The molecule has 0 spiro atoms. The lowest BCUT2D eigenvalue weighted by atomic mass is 10.2. The minimum absolute atomic E-state index is 0.0301. The number of rotatable bonds is 2. The van der Waals surface area contributed by atoms with Crippen molar-refractivity contribution in [2.24, 2.45) is 0 Å². The highest BCUT2D eigenvalue weighted by molar-refractivity contribution is 6.01. The Balaban J connectivity index is 2.21. The first-order valence-electron chi connectivity index (χ1n) is 4.73. The first-order valence-corrected chi connectivity index (χ1v) is 4.73. The molecule has 1 amide bonds. The van der Waals surface area contributed by atoms with Crippen LogP contribution in [0.2, 0.25) is 0 Å². The van der Waals surface area contributed by atoms with Crippen LogP contribution >= 0.6 is 0 Å². The summed E-state index contributed by atoms with van der Waals surface area (Å²) in [6.07, 6.45) is 0. The Morgan fingerprint density at radius 2 is 2.29 bits per heavy atom. The van der Waals surface area contributed by atoms with Gasteiger partial charge in [0, 0.05) is 12.6 Å². The second kappa shape index (κ2) is 4.20. The first kappa shape index (κ1) is 11.1. The van der Waals surface area contributed by atoms with E-state index in [0.29, 0.717) is 5.69 Å². The van der Waals surface area contributed by atoms with Crippen molar-refractivity contribution in [2.75, 3.05) is 11.1 Å². The Labute approximate surface area is 95.6 Å². The molecule has 0 aliphatic rings. The molecule has 0 unspecified atom stereocenters. The van der Waals surface area contributed by atoms with E-state index >= 15 is 0 Å². The standard InChI is InChI=1S/C10H9FN4O2/c1-5-13-9(15-17-5)10(16)14-8-4-6(12)2-3-7(8)11/h2-4H,12H2,1H3,(H,14,16). The highest BCUT2D eigenvalue weighted by Crippen LogP contribution is 2.17. The van der Waals surface area contributed by atoms with E-state index in [1.807, 2.05) is 0 Å². The van der Waals surface area contributed by atoms with E-state index < -0.39 is 11.7 Å². The monoisotopic (exact) mass is 236 g/mol. The Bertz CT molecular complexity index is 567. The van der Waals surface area contributed by atoms with Gasteiger partial charge in [0.05, 0.1) is 5.69 Å². The van der Waals surface area contributed by atoms with Gasteiger partial charge in [-0.1, -0.05) is 5.16 Å². The maximum Gasteiger partial charge on any atom is 0.297 e. The number of carbonyl (C=O) groups is 1. The van der Waals surface area contributed by atoms with Crippen LogP contribution in [0.4, 0.5) is 15.8 Å². The van der Waals surface area contributed by atoms with Crippen LogP contribution in [0.1, 0.15) is 16.5 Å². The second-order valence-corrected chi connectivity index (χ2v) is 3.33. The molecule has 0 fully saturated rings. The van der Waals surface area contributed by atoms with Gasteiger partial charge >= 0.3 is 0 Å². The Hall–Kier alpha value is -2.44. The van der Waals surface area contributed by atoms with Crippen LogP contribution in [0.15, 0.2) is 22.7 Å². The first-order chi connectivity index (χ1) is 8.06. The Morgan fingerprint density at radius 3 is 2.94 bits per heavy atom. The van der Waals surface area contributed by atoms with E-state index in [1.54, 1.807) is 6.92 Å². The number of aryl methyl sites for hydroxylation is 1. The lowest BCUT2D eigenvalue weighted by Gasteiger charge is -2.04. The number of hydrogen-bond donors (Lipinski definition) is 2. The van der Waals surface area contributed by atoms with Gasteiger partial charge in [0.2, 0.25) is 5.89 Å². The number of aromatic nitrogens is 2. The van der Waals surface area contributed by atoms with Crippen molar-refractivity contribution < 1.29 is 13.7 Å². The van der Waals surface area contributed by atoms with Crippen molar-refractivity contribution in [3.05, 3.63) is 35.7 Å². The van der Waals surface area contributed by atoms with E-state index in [1.165, 1.54) is 12.1 Å². The number of hydrogen-bond acceptors (Lipinski definition) is 5. The molecular formula is C10H9FN4O2. The molecule has 0 saturated carbocycles. The second-order valence-electron chi connectivity index (χ2n) is 3.33. The van der Waals surface area contributed by atoms with Crippen LogP contribution in [0.3, 0.4) is 0 Å². The molecule has 7 heteroatoms. The van der Waals surface area contributed by atoms with Crippen molar-refractivity contribution >= 4 is 17.3 Å². The van der Waals surface area contributed by atoms with E-state index in [9.17, 15) is 9.18 Å². The molecule has 17 heavy (non-hydrogen) atoms. The zero-order chi connectivity index (χ0) is 12.4. The normalized spacial score (nSPS) is 10.2. The molecule has 2 rings (SSSR count). The third-order valence-electron chi connectivity index (χ3n) is 1.97. The predicted octanol–water partition coefficient (Wildman–Crippen LogP) is 1.35. The lowest BCUT2D eigenvalue weighted by Crippen LogP contribution is -2.14. The Morgan fingerprint density at radius 1 is 1.53 bits per heavy atom. The molecule has 6 nitrogen and oxygen atoms in total. The summed E-state index contributed by atoms with van der Waals surface area (Å²) in [4.78, 5) is 15.3. The molecule has 0 aliphatic carbocycles. The fourth-order valence-electron chi connectivity index (χ4n) is 1.21. The average Bonchev–Trinajstić information content (AvgIpc) is 2.70. The maximum atomic E-state index is 13.3. The van der Waals surface area contributed by atoms with Crippen LogP contribution in [-0.2, 0) is 0 Å². The number of nitrogens with zero attached hydrogens (tertiary/aromatic N) is 2. The third-order valence-corrected chi connectivity index (χ3v) is 1.97. The molecule has 88 valence electrons. The molecule has 3 N–H and O–H groups in total. The number of nitrogen functional groups attached to an aromatic ring is 1. The molecule has 0 atom stereocenters. The smallest absolute Gasteiger partial charge is 0.297 e. The van der Waals surface area contributed by atoms with Crippen molar-refractivity contribution in [2.45, 2.75) is 6.92 Å². The van der Waals surface area contributed by atoms with Gasteiger partial charge < -0.3 is 15.6 Å². The summed E-state index contributed by atoms with van der Waals surface area (Å²) in [6.45, 7) is 1.55. The quantitative estimate of drug-likeness (QED) is 0.767. The molecule has 1 aromatic carbocycles. The van der Waals surface area contributed by atoms with Gasteiger partial charge in [0.15, 0.2) is 0 Å². The van der Waals surface area contributed by atoms with Crippen molar-refractivity contribution in [1.29, 1.82) is 0 Å². The number of anilines is 2. The number of carbonyl (C=O) groups excluding carboxylic acids is 1. The molecule has 1 heterocycles. The van der Waals surface area contributed by atoms with Gasteiger partial charge in [-0.05, 0) is 18.2 Å². The number of benzene rings is 1. The van der Waals surface area contributed by atoms with Gasteiger partial charge in [-0.2, -0.15) is 4.98 Å². The summed E-state index contributed by atoms with van der Waals surface area (Å²) < 4.78 is 18.0. The molecule has 0 aliphatic heterocycles. The van der Waals surface area contributed by atoms with Crippen LogP contribution in [-0.4, -0.2) is 16.0 Å². The zero-order valence-electron chi connectivity index (χ0n) is 8.90. The van der Waals surface area contributed by atoms with Gasteiger partial charge in [-0.3, -0.25) is 4.79 Å². The van der Waals surface area contributed by atoms with Gasteiger partial charge in [0.1, 0.15) is 5.82 Å². The van der Waals surface area contributed by atoms with Crippen LogP contribution < -0.4 is 11.1 Å². The molecule has 0 bridgehead atoms. The van der Waals surface area contributed by atoms with Crippen molar-refractivity contribution in [3.63, 3.8) is 0 Å². The number of nitrogens with one attached hydrogen (secondary N) is 1.